The summed E-state index contributed by atoms with van der Waals surface area (Å²) in [6, 6.07) is 13.9. The van der Waals surface area contributed by atoms with Gasteiger partial charge in [0, 0.05) is 43.9 Å². The second-order valence-corrected chi connectivity index (χ2v) is 6.23. The smallest absolute Gasteiger partial charge is 0.127 e. The molecule has 1 fully saturated rings. The summed E-state index contributed by atoms with van der Waals surface area (Å²) < 4.78 is 11.2. The van der Waals surface area contributed by atoms with Crippen molar-refractivity contribution < 1.29 is 14.6 Å². The molecule has 3 rings (SSSR count). The summed E-state index contributed by atoms with van der Waals surface area (Å²) in [5, 5.41) is 14.1. The van der Waals surface area contributed by atoms with Gasteiger partial charge in [0.2, 0.25) is 0 Å². The van der Waals surface area contributed by atoms with Crippen LogP contribution in [0.3, 0.4) is 0 Å². The molecule has 1 heterocycles. The van der Waals surface area contributed by atoms with Gasteiger partial charge in [-0.2, -0.15) is 0 Å². The summed E-state index contributed by atoms with van der Waals surface area (Å²) >= 11 is 0. The molecule has 2 aromatic rings. The third kappa shape index (κ3) is 4.12. The van der Waals surface area contributed by atoms with Crippen molar-refractivity contribution >= 4 is 0 Å². The molecular formula is C20H26N2O3. The molecule has 0 amide bonds. The Balaban J connectivity index is 1.91. The van der Waals surface area contributed by atoms with Gasteiger partial charge in [0.15, 0.2) is 0 Å². The minimum atomic E-state index is -0.619. The number of rotatable bonds is 6. The van der Waals surface area contributed by atoms with Crippen molar-refractivity contribution in [3.8, 4) is 22.6 Å². The number of benzene rings is 2. The highest BCUT2D eigenvalue weighted by atomic mass is 16.5. The van der Waals surface area contributed by atoms with Crippen LogP contribution >= 0.6 is 0 Å². The number of hydrogen-bond acceptors (Lipinski definition) is 5. The molecule has 1 atom stereocenters. The van der Waals surface area contributed by atoms with Gasteiger partial charge < -0.3 is 19.9 Å². The maximum atomic E-state index is 10.8. The van der Waals surface area contributed by atoms with Crippen LogP contribution in [0.1, 0.15) is 11.7 Å². The first kappa shape index (κ1) is 17.7. The van der Waals surface area contributed by atoms with Crippen molar-refractivity contribution in [2.24, 2.45) is 0 Å². The number of ether oxygens (including phenoxy) is 2. The Morgan fingerprint density at radius 1 is 1.04 bits per heavy atom. The van der Waals surface area contributed by atoms with Crippen LogP contribution in [0.5, 0.6) is 11.5 Å². The molecule has 1 aliphatic rings. The molecule has 0 spiro atoms. The topological polar surface area (TPSA) is 54.0 Å². The van der Waals surface area contributed by atoms with Gasteiger partial charge >= 0.3 is 0 Å². The molecule has 0 radical (unpaired) electrons. The van der Waals surface area contributed by atoms with Crippen LogP contribution in [0.25, 0.3) is 11.1 Å². The molecule has 0 aromatic heterocycles. The number of piperazine rings is 1. The number of methoxy groups -OCH3 is 2. The van der Waals surface area contributed by atoms with E-state index in [1.165, 1.54) is 0 Å². The Bertz CT molecular complexity index is 685. The molecule has 1 aliphatic heterocycles. The first-order valence-corrected chi connectivity index (χ1v) is 8.65. The minimum Gasteiger partial charge on any atom is -0.496 e. The van der Waals surface area contributed by atoms with Gasteiger partial charge in [-0.1, -0.05) is 30.3 Å². The lowest BCUT2D eigenvalue weighted by Crippen LogP contribution is -2.45. The van der Waals surface area contributed by atoms with Gasteiger partial charge in [0.25, 0.3) is 0 Å². The average Bonchev–Trinajstić information content (AvgIpc) is 2.68. The van der Waals surface area contributed by atoms with E-state index in [9.17, 15) is 5.11 Å². The molecule has 25 heavy (non-hydrogen) atoms. The fourth-order valence-corrected chi connectivity index (χ4v) is 3.26. The maximum Gasteiger partial charge on any atom is 0.127 e. The summed E-state index contributed by atoms with van der Waals surface area (Å²) in [5.74, 6) is 1.42. The standard InChI is InChI=1S/C20H26N2O3/c1-24-19-13-17(18(23)14-22-10-8-21-9-11-22)20(25-2)12-16(19)15-6-4-3-5-7-15/h3-7,12-13,18,21,23H,8-11,14H2,1-2H3. The highest BCUT2D eigenvalue weighted by molar-refractivity contribution is 5.73. The SMILES string of the molecule is COc1cc(C(O)CN2CCNCC2)c(OC)cc1-c1ccccc1. The molecule has 0 bridgehead atoms. The van der Waals surface area contributed by atoms with E-state index in [-0.39, 0.29) is 0 Å². The number of nitrogens with zero attached hydrogens (tertiary/aromatic N) is 1. The zero-order chi connectivity index (χ0) is 17.6. The Morgan fingerprint density at radius 3 is 2.36 bits per heavy atom. The van der Waals surface area contributed by atoms with Crippen LogP contribution in [0.15, 0.2) is 42.5 Å². The van der Waals surface area contributed by atoms with E-state index in [1.54, 1.807) is 14.2 Å². The highest BCUT2D eigenvalue weighted by Gasteiger charge is 2.21. The van der Waals surface area contributed by atoms with E-state index < -0.39 is 6.10 Å². The van der Waals surface area contributed by atoms with Crippen LogP contribution in [0.4, 0.5) is 0 Å². The molecule has 5 heteroatoms. The van der Waals surface area contributed by atoms with Crippen LogP contribution in [0.2, 0.25) is 0 Å². The second-order valence-electron chi connectivity index (χ2n) is 6.23. The van der Waals surface area contributed by atoms with E-state index in [0.29, 0.717) is 12.3 Å². The first-order chi connectivity index (χ1) is 12.2. The van der Waals surface area contributed by atoms with E-state index >= 15 is 0 Å². The van der Waals surface area contributed by atoms with Crippen molar-refractivity contribution in [1.29, 1.82) is 0 Å². The van der Waals surface area contributed by atoms with Crippen molar-refractivity contribution in [1.82, 2.24) is 10.2 Å². The molecular weight excluding hydrogens is 316 g/mol. The van der Waals surface area contributed by atoms with Gasteiger partial charge in [0.05, 0.1) is 20.3 Å². The average molecular weight is 342 g/mol. The summed E-state index contributed by atoms with van der Waals surface area (Å²) in [6.07, 6.45) is -0.619. The largest absolute Gasteiger partial charge is 0.496 e. The zero-order valence-corrected chi connectivity index (χ0v) is 14.9. The van der Waals surface area contributed by atoms with E-state index in [4.69, 9.17) is 9.47 Å². The van der Waals surface area contributed by atoms with E-state index in [1.807, 2.05) is 42.5 Å². The van der Waals surface area contributed by atoms with Gasteiger partial charge in [-0.05, 0) is 17.7 Å². The monoisotopic (exact) mass is 342 g/mol. The normalized spacial score (nSPS) is 16.4. The number of β-amino-alcohol motifs (C(OH)–C–C–N with tert-alkyl or cyclic N) is 1. The van der Waals surface area contributed by atoms with Crippen LogP contribution < -0.4 is 14.8 Å². The number of nitrogens with one attached hydrogen (secondary N) is 1. The molecule has 0 saturated carbocycles. The summed E-state index contributed by atoms with van der Waals surface area (Å²) in [7, 11) is 3.29. The van der Waals surface area contributed by atoms with Crippen LogP contribution in [0, 0.1) is 0 Å². The quantitative estimate of drug-likeness (QED) is 0.844. The third-order valence-electron chi connectivity index (χ3n) is 4.64. The fourth-order valence-electron chi connectivity index (χ4n) is 3.26. The predicted molar refractivity (Wildman–Crippen MR) is 99.3 cm³/mol. The number of aliphatic hydroxyl groups is 1. The predicted octanol–water partition coefficient (Wildman–Crippen LogP) is 2.31. The molecule has 134 valence electrons. The molecule has 1 unspecified atom stereocenters. The number of hydrogen-bond donors (Lipinski definition) is 2. The van der Waals surface area contributed by atoms with E-state index in [0.717, 1.165) is 48.6 Å². The summed E-state index contributed by atoms with van der Waals surface area (Å²) in [5.41, 5.74) is 2.77. The van der Waals surface area contributed by atoms with Gasteiger partial charge in [0.1, 0.15) is 11.5 Å². The molecule has 2 N–H and O–H groups in total. The lowest BCUT2D eigenvalue weighted by Gasteiger charge is -2.29. The van der Waals surface area contributed by atoms with E-state index in [2.05, 4.69) is 10.2 Å². The van der Waals surface area contributed by atoms with Gasteiger partial charge in [-0.15, -0.1) is 0 Å². The van der Waals surface area contributed by atoms with Crippen LogP contribution in [-0.4, -0.2) is 56.9 Å². The van der Waals surface area contributed by atoms with Crippen molar-refractivity contribution in [3.05, 3.63) is 48.0 Å². The highest BCUT2D eigenvalue weighted by Crippen LogP contribution is 2.38. The number of aliphatic hydroxyl groups excluding tert-OH is 1. The molecule has 0 aliphatic carbocycles. The third-order valence-corrected chi connectivity index (χ3v) is 4.64. The minimum absolute atomic E-state index is 0.589. The molecule has 1 saturated heterocycles. The Labute approximate surface area is 149 Å². The Kier molecular flexibility index (Phi) is 5.91. The fraction of sp³-hybridized carbons (Fsp3) is 0.400. The lowest BCUT2D eigenvalue weighted by molar-refractivity contribution is 0.103. The second kappa shape index (κ2) is 8.34. The van der Waals surface area contributed by atoms with Gasteiger partial charge in [-0.25, -0.2) is 0 Å². The Morgan fingerprint density at radius 2 is 1.72 bits per heavy atom. The molecule has 2 aromatic carbocycles. The zero-order valence-electron chi connectivity index (χ0n) is 14.9. The van der Waals surface area contributed by atoms with Crippen molar-refractivity contribution in [2.75, 3.05) is 46.9 Å². The lowest BCUT2D eigenvalue weighted by atomic mass is 9.99. The Hall–Kier alpha value is -2.08. The van der Waals surface area contributed by atoms with Crippen molar-refractivity contribution in [2.45, 2.75) is 6.10 Å². The maximum absolute atomic E-state index is 10.8. The molecule has 5 nitrogen and oxygen atoms in total. The summed E-state index contributed by atoms with van der Waals surface area (Å²) in [4.78, 5) is 2.26. The summed E-state index contributed by atoms with van der Waals surface area (Å²) in [6.45, 7) is 4.39. The van der Waals surface area contributed by atoms with Crippen molar-refractivity contribution in [3.63, 3.8) is 0 Å². The first-order valence-electron chi connectivity index (χ1n) is 8.65. The van der Waals surface area contributed by atoms with Crippen LogP contribution in [-0.2, 0) is 0 Å². The van der Waals surface area contributed by atoms with Gasteiger partial charge in [-0.3, -0.25) is 4.90 Å².